The Hall–Kier alpha value is -5.17. The van der Waals surface area contributed by atoms with Crippen LogP contribution in [0.3, 0.4) is 0 Å². The third-order valence-electron chi connectivity index (χ3n) is 9.18. The van der Waals surface area contributed by atoms with Crippen molar-refractivity contribution in [2.24, 2.45) is 5.92 Å². The number of para-hydroxylation sites is 2. The number of nitrogens with one attached hydrogen (secondary N) is 1. The van der Waals surface area contributed by atoms with Gasteiger partial charge in [0.1, 0.15) is 23.0 Å². The number of Topliss-reactive ketones (excluding diaryl/α,β-unsaturated/α-hetero) is 2. The van der Waals surface area contributed by atoms with Gasteiger partial charge in [-0.25, -0.2) is 0 Å². The Balaban J connectivity index is 1.52. The van der Waals surface area contributed by atoms with Crippen molar-refractivity contribution in [2.45, 2.75) is 24.4 Å². The molecule has 7 heteroatoms. The number of allylic oxidation sites excluding steroid dienone is 1. The van der Waals surface area contributed by atoms with E-state index in [0.717, 1.165) is 22.4 Å². The van der Waals surface area contributed by atoms with Crippen LogP contribution in [0.5, 0.6) is 11.5 Å². The summed E-state index contributed by atoms with van der Waals surface area (Å²) in [5.41, 5.74) is 3.62. The second kappa shape index (κ2) is 9.98. The van der Waals surface area contributed by atoms with Crippen LogP contribution in [0.4, 0.5) is 11.4 Å². The quantitative estimate of drug-likeness (QED) is 0.289. The molecule has 1 amide bonds. The van der Waals surface area contributed by atoms with Crippen LogP contribution in [0.15, 0.2) is 103 Å². The van der Waals surface area contributed by atoms with Crippen molar-refractivity contribution < 1.29 is 23.9 Å². The normalized spacial score (nSPS) is 23.1. The highest BCUT2D eigenvalue weighted by atomic mass is 16.5. The van der Waals surface area contributed by atoms with Crippen LogP contribution >= 0.6 is 0 Å². The van der Waals surface area contributed by atoms with Gasteiger partial charge < -0.3 is 19.7 Å². The maximum Gasteiger partial charge on any atom is 0.238 e. The zero-order valence-corrected chi connectivity index (χ0v) is 24.0. The second-order valence-electron chi connectivity index (χ2n) is 11.2. The van der Waals surface area contributed by atoms with Crippen LogP contribution in [0.2, 0.25) is 0 Å². The maximum absolute atomic E-state index is 14.9. The number of fused-ring (bicyclic) bond motifs is 6. The Kier molecular flexibility index (Phi) is 6.20. The second-order valence-corrected chi connectivity index (χ2v) is 11.2. The zero-order valence-electron chi connectivity index (χ0n) is 24.0. The van der Waals surface area contributed by atoms with E-state index < -0.39 is 23.4 Å². The lowest BCUT2D eigenvalue weighted by Crippen LogP contribution is -2.51. The molecule has 0 aromatic heterocycles. The molecule has 0 unspecified atom stereocenters. The summed E-state index contributed by atoms with van der Waals surface area (Å²) in [5.74, 6) is -0.620. The molecule has 214 valence electrons. The summed E-state index contributed by atoms with van der Waals surface area (Å²) in [6.07, 6.45) is 2.06. The zero-order chi connectivity index (χ0) is 29.9. The van der Waals surface area contributed by atoms with Crippen molar-refractivity contribution in [3.63, 3.8) is 0 Å². The van der Waals surface area contributed by atoms with Gasteiger partial charge >= 0.3 is 0 Å². The largest absolute Gasteiger partial charge is 0.497 e. The lowest BCUT2D eigenvalue weighted by Gasteiger charge is -2.39. The Morgan fingerprint density at radius 1 is 0.767 bits per heavy atom. The number of ketones is 2. The van der Waals surface area contributed by atoms with Crippen molar-refractivity contribution in [1.82, 2.24) is 0 Å². The number of hydrogen-bond acceptors (Lipinski definition) is 6. The predicted molar refractivity (Wildman–Crippen MR) is 165 cm³/mol. The Bertz CT molecular complexity index is 1810. The smallest absolute Gasteiger partial charge is 0.238 e. The van der Waals surface area contributed by atoms with Crippen molar-refractivity contribution >= 4 is 34.4 Å². The first-order valence-corrected chi connectivity index (χ1v) is 14.2. The van der Waals surface area contributed by atoms with Crippen LogP contribution in [0.1, 0.15) is 38.8 Å². The molecule has 0 radical (unpaired) electrons. The number of methoxy groups -OCH3 is 2. The highest BCUT2D eigenvalue weighted by Crippen LogP contribution is 2.58. The number of carbonyl (C=O) groups excluding carboxylic acids is 3. The molecule has 0 aliphatic carbocycles. The summed E-state index contributed by atoms with van der Waals surface area (Å²) in [6, 6.07) is 27.6. The van der Waals surface area contributed by atoms with Crippen molar-refractivity contribution in [2.75, 3.05) is 24.4 Å². The minimum absolute atomic E-state index is 0.240. The van der Waals surface area contributed by atoms with Crippen LogP contribution in [0, 0.1) is 5.92 Å². The number of ether oxygens (including phenoxy) is 2. The van der Waals surface area contributed by atoms with E-state index in [-0.39, 0.29) is 17.5 Å². The average molecular weight is 571 g/mol. The number of rotatable bonds is 6. The van der Waals surface area contributed by atoms with Gasteiger partial charge in [0.15, 0.2) is 11.6 Å². The number of carbonyl (C=O) groups is 3. The first-order valence-electron chi connectivity index (χ1n) is 14.2. The highest BCUT2D eigenvalue weighted by Gasteiger charge is 2.70. The molecular weight excluding hydrogens is 540 g/mol. The van der Waals surface area contributed by atoms with E-state index in [9.17, 15) is 14.4 Å². The van der Waals surface area contributed by atoms with E-state index in [2.05, 4.69) is 11.4 Å². The minimum Gasteiger partial charge on any atom is -0.497 e. The fourth-order valence-electron chi connectivity index (χ4n) is 7.25. The van der Waals surface area contributed by atoms with Gasteiger partial charge in [-0.05, 0) is 78.7 Å². The molecule has 3 aliphatic heterocycles. The molecule has 1 spiro atoms. The van der Waals surface area contributed by atoms with E-state index in [1.54, 1.807) is 62.8 Å². The van der Waals surface area contributed by atoms with Crippen molar-refractivity contribution in [3.05, 3.63) is 125 Å². The summed E-state index contributed by atoms with van der Waals surface area (Å²) in [4.78, 5) is 46.2. The topological polar surface area (TPSA) is 84.9 Å². The number of nitrogens with zero attached hydrogens (tertiary/aromatic N) is 1. The summed E-state index contributed by atoms with van der Waals surface area (Å²) in [6.45, 7) is 2.02. The summed E-state index contributed by atoms with van der Waals surface area (Å²) >= 11 is 0. The molecule has 1 fully saturated rings. The van der Waals surface area contributed by atoms with Gasteiger partial charge in [0.2, 0.25) is 5.91 Å². The van der Waals surface area contributed by atoms with Crippen molar-refractivity contribution in [1.29, 1.82) is 0 Å². The van der Waals surface area contributed by atoms with Gasteiger partial charge in [-0.3, -0.25) is 14.4 Å². The first kappa shape index (κ1) is 26.7. The SMILES string of the molecule is COc1ccc(C(=O)[C@@H]2[C@H](C(=O)c3ccc(OC)cc3)N3c4ccccc4C(C)=C[C@@H]3[C@]23C(=O)Nc2ccccc23)cc1. The molecule has 4 aromatic carbocycles. The van der Waals surface area contributed by atoms with Gasteiger partial charge in [0.25, 0.3) is 0 Å². The fourth-order valence-corrected chi connectivity index (χ4v) is 7.25. The number of benzene rings is 4. The van der Waals surface area contributed by atoms with E-state index in [1.165, 1.54) is 0 Å². The van der Waals surface area contributed by atoms with Crippen LogP contribution in [-0.2, 0) is 10.2 Å². The standard InChI is InChI=1S/C36H30N2O5/c1-21-20-30-36(27-9-5-6-10-28(27)37-35(36)41)31(33(39)22-12-16-24(42-2)17-13-22)32(38(30)29-11-7-4-8-26(21)29)34(40)23-14-18-25(43-3)19-15-23/h4-20,30-32H,1-3H3,(H,37,41)/t30-,31+,32-,36+/m1/s1. The summed E-state index contributed by atoms with van der Waals surface area (Å²) in [5, 5.41) is 3.08. The third kappa shape index (κ3) is 3.77. The van der Waals surface area contributed by atoms with Gasteiger partial charge in [0.05, 0.1) is 26.2 Å². The highest BCUT2D eigenvalue weighted by molar-refractivity contribution is 6.18. The number of anilines is 2. The molecule has 3 aliphatic rings. The van der Waals surface area contributed by atoms with Crippen molar-refractivity contribution in [3.8, 4) is 11.5 Å². The fraction of sp³-hybridized carbons (Fsp3) is 0.194. The van der Waals surface area contributed by atoms with Gasteiger partial charge in [-0.2, -0.15) is 0 Å². The molecule has 0 bridgehead atoms. The molecule has 4 atom stereocenters. The molecule has 0 saturated carbocycles. The average Bonchev–Trinajstić information content (AvgIpc) is 3.52. The first-order chi connectivity index (χ1) is 20.9. The minimum atomic E-state index is -1.37. The van der Waals surface area contributed by atoms with E-state index in [1.807, 2.05) is 60.4 Å². The Labute approximate surface area is 249 Å². The van der Waals surface area contributed by atoms with Gasteiger partial charge in [-0.15, -0.1) is 0 Å². The molecule has 4 aromatic rings. The summed E-state index contributed by atoms with van der Waals surface area (Å²) in [7, 11) is 3.14. The lowest BCUT2D eigenvalue weighted by atomic mass is 9.64. The molecular formula is C36H30N2O5. The Morgan fingerprint density at radius 3 is 2.00 bits per heavy atom. The molecule has 1 N–H and O–H groups in total. The molecule has 3 heterocycles. The number of amides is 1. The predicted octanol–water partition coefficient (Wildman–Crippen LogP) is 5.95. The van der Waals surface area contributed by atoms with E-state index >= 15 is 0 Å². The lowest BCUT2D eigenvalue weighted by molar-refractivity contribution is -0.121. The molecule has 43 heavy (non-hydrogen) atoms. The third-order valence-corrected chi connectivity index (χ3v) is 9.18. The van der Waals surface area contributed by atoms with Crippen LogP contribution in [0.25, 0.3) is 5.57 Å². The monoisotopic (exact) mass is 570 g/mol. The van der Waals surface area contributed by atoms with Gasteiger partial charge in [0, 0.05) is 28.1 Å². The van der Waals surface area contributed by atoms with Crippen LogP contribution < -0.4 is 19.7 Å². The number of hydrogen-bond donors (Lipinski definition) is 1. The maximum atomic E-state index is 14.9. The van der Waals surface area contributed by atoms with Crippen LogP contribution in [-0.4, -0.2) is 43.8 Å². The van der Waals surface area contributed by atoms with E-state index in [4.69, 9.17) is 9.47 Å². The molecule has 7 nitrogen and oxygen atoms in total. The molecule has 7 rings (SSSR count). The van der Waals surface area contributed by atoms with E-state index in [0.29, 0.717) is 28.3 Å². The van der Waals surface area contributed by atoms with Gasteiger partial charge in [-0.1, -0.05) is 42.5 Å². The Morgan fingerprint density at radius 2 is 1.35 bits per heavy atom. The summed E-state index contributed by atoms with van der Waals surface area (Å²) < 4.78 is 10.7. The molecule has 1 saturated heterocycles.